The third-order valence-corrected chi connectivity index (χ3v) is 8.21. The molecule has 1 aromatic heterocycles. The topological polar surface area (TPSA) is 65.8 Å². The zero-order valence-electron chi connectivity index (χ0n) is 20.5. The predicted molar refractivity (Wildman–Crippen MR) is 141 cm³/mol. The van der Waals surface area contributed by atoms with Crippen LogP contribution in [0.15, 0.2) is 65.6 Å². The summed E-state index contributed by atoms with van der Waals surface area (Å²) in [6.45, 7) is 4.01. The fraction of sp³-hybridized carbons (Fsp3) is 0.429. The number of hydrogen-bond donors (Lipinski definition) is 1. The maximum atomic E-state index is 13.8. The maximum Gasteiger partial charge on any atom is 0.278 e. The van der Waals surface area contributed by atoms with Gasteiger partial charge >= 0.3 is 0 Å². The van der Waals surface area contributed by atoms with Gasteiger partial charge in [-0.3, -0.25) is 19.3 Å². The molecule has 4 atom stereocenters. The van der Waals surface area contributed by atoms with Gasteiger partial charge in [-0.05, 0) is 62.2 Å². The predicted octanol–water partition coefficient (Wildman–Crippen LogP) is 4.48. The summed E-state index contributed by atoms with van der Waals surface area (Å²) >= 11 is 1.76. The van der Waals surface area contributed by atoms with E-state index in [4.69, 9.17) is 0 Å². The summed E-state index contributed by atoms with van der Waals surface area (Å²) in [5.41, 5.74) is 2.09. The van der Waals surface area contributed by atoms with Crippen LogP contribution in [-0.4, -0.2) is 44.8 Å². The molecule has 5 rings (SSSR count). The summed E-state index contributed by atoms with van der Waals surface area (Å²) in [7, 11) is 0. The number of fused-ring (bicyclic) bond motifs is 3. The molecule has 0 saturated heterocycles. The molecule has 6 nitrogen and oxygen atoms in total. The lowest BCUT2D eigenvalue weighted by atomic mass is 9.80. The summed E-state index contributed by atoms with van der Waals surface area (Å²) in [5, 5.41) is 13.1. The smallest absolute Gasteiger partial charge is 0.278 e. The van der Waals surface area contributed by atoms with E-state index >= 15 is 0 Å². The van der Waals surface area contributed by atoms with E-state index in [1.807, 2.05) is 18.7 Å². The summed E-state index contributed by atoms with van der Waals surface area (Å²) < 4.78 is 1.78. The number of pyridine rings is 1. The summed E-state index contributed by atoms with van der Waals surface area (Å²) in [6.07, 6.45) is 15.2. The van der Waals surface area contributed by atoms with Crippen molar-refractivity contribution >= 4 is 17.7 Å². The number of amides is 1. The van der Waals surface area contributed by atoms with Crippen molar-refractivity contribution in [2.75, 3.05) is 17.0 Å². The van der Waals surface area contributed by atoms with E-state index in [1.54, 1.807) is 22.6 Å². The molecule has 184 valence electrons. The standard InChI is InChI=1S/C28H33N3O3S/c1-18(2)30-24(15-17-35-3)31(29-16-14-23(32)27(33)26(29)28(30)34)25-21-10-6-4-8-19(21)12-13-20-9-5-7-11-22(20)25/h4-11,14,16,18-19,21,24-25,33H,12-13,15,17H2,1-3H3. The van der Waals surface area contributed by atoms with Crippen LogP contribution in [-0.2, 0) is 6.42 Å². The van der Waals surface area contributed by atoms with E-state index in [0.717, 1.165) is 25.0 Å². The van der Waals surface area contributed by atoms with E-state index in [0.29, 0.717) is 5.92 Å². The summed E-state index contributed by atoms with van der Waals surface area (Å²) in [4.78, 5) is 28.1. The first-order chi connectivity index (χ1) is 16.9. The van der Waals surface area contributed by atoms with Gasteiger partial charge in [-0.2, -0.15) is 11.8 Å². The van der Waals surface area contributed by atoms with Crippen molar-refractivity contribution in [3.8, 4) is 5.75 Å². The third kappa shape index (κ3) is 3.99. The van der Waals surface area contributed by atoms with Crippen molar-refractivity contribution in [2.45, 2.75) is 51.4 Å². The molecule has 1 amide bonds. The van der Waals surface area contributed by atoms with Gasteiger partial charge in [0.1, 0.15) is 6.17 Å². The molecule has 0 radical (unpaired) electrons. The number of aromatic hydroxyl groups is 1. The van der Waals surface area contributed by atoms with Gasteiger partial charge in [0, 0.05) is 24.2 Å². The average Bonchev–Trinajstić information content (AvgIpc) is 3.01. The first kappa shape index (κ1) is 23.8. The Kier molecular flexibility index (Phi) is 6.53. The van der Waals surface area contributed by atoms with E-state index in [2.05, 4.69) is 59.8 Å². The number of allylic oxidation sites excluding steroid dienone is 3. The molecule has 0 fully saturated rings. The number of aryl methyl sites for hydroxylation is 1. The number of hydrogen-bond acceptors (Lipinski definition) is 5. The molecule has 0 spiro atoms. The number of carbonyl (C=O) groups excluding carboxylic acids is 1. The summed E-state index contributed by atoms with van der Waals surface area (Å²) in [6, 6.07) is 9.80. The number of carbonyl (C=O) groups is 1. The molecule has 3 aliphatic rings. The Balaban J connectivity index is 1.79. The zero-order valence-corrected chi connectivity index (χ0v) is 21.3. The molecule has 1 aromatic carbocycles. The molecule has 7 heteroatoms. The maximum absolute atomic E-state index is 13.8. The number of aromatic nitrogens is 1. The van der Waals surface area contributed by atoms with Crippen LogP contribution >= 0.6 is 11.8 Å². The van der Waals surface area contributed by atoms with Gasteiger partial charge in [0.15, 0.2) is 11.4 Å². The molecule has 2 aromatic rings. The normalized spacial score (nSPS) is 25.3. The molecule has 4 unspecified atom stereocenters. The van der Waals surface area contributed by atoms with Crippen molar-refractivity contribution in [1.82, 2.24) is 9.58 Å². The van der Waals surface area contributed by atoms with Crippen LogP contribution in [0.4, 0.5) is 0 Å². The largest absolute Gasteiger partial charge is 0.502 e. The van der Waals surface area contributed by atoms with Gasteiger partial charge in [0.2, 0.25) is 5.43 Å². The minimum atomic E-state index is -0.532. The lowest BCUT2D eigenvalue weighted by Gasteiger charge is -2.53. The fourth-order valence-corrected chi connectivity index (χ4v) is 6.47. The van der Waals surface area contributed by atoms with Crippen LogP contribution in [0.25, 0.3) is 0 Å². The highest BCUT2D eigenvalue weighted by Crippen LogP contribution is 2.45. The van der Waals surface area contributed by atoms with Crippen LogP contribution in [0.1, 0.15) is 54.3 Å². The Labute approximate surface area is 210 Å². The van der Waals surface area contributed by atoms with Crippen molar-refractivity contribution in [3.63, 3.8) is 0 Å². The lowest BCUT2D eigenvalue weighted by Crippen LogP contribution is -2.65. The highest BCUT2D eigenvalue weighted by molar-refractivity contribution is 7.98. The van der Waals surface area contributed by atoms with E-state index in [1.165, 1.54) is 17.2 Å². The minimum absolute atomic E-state index is 0.0558. The van der Waals surface area contributed by atoms with Crippen LogP contribution in [0.3, 0.4) is 0 Å². The molecule has 0 saturated carbocycles. The number of thioether (sulfide) groups is 1. The Morgan fingerprint density at radius 1 is 1.11 bits per heavy atom. The van der Waals surface area contributed by atoms with E-state index in [-0.39, 0.29) is 35.8 Å². The second kappa shape index (κ2) is 9.61. The lowest BCUT2D eigenvalue weighted by molar-refractivity contribution is 0.0428. The molecular weight excluding hydrogens is 458 g/mol. The average molecular weight is 492 g/mol. The molecule has 0 bridgehead atoms. The van der Waals surface area contributed by atoms with E-state index < -0.39 is 11.2 Å². The Bertz CT molecular complexity index is 1230. The number of rotatable bonds is 5. The van der Waals surface area contributed by atoms with E-state index in [9.17, 15) is 14.7 Å². The monoisotopic (exact) mass is 491 g/mol. The van der Waals surface area contributed by atoms with Gasteiger partial charge in [-0.15, -0.1) is 0 Å². The molecule has 35 heavy (non-hydrogen) atoms. The van der Waals surface area contributed by atoms with Crippen molar-refractivity contribution in [3.05, 3.63) is 87.9 Å². The fourth-order valence-electron chi connectivity index (χ4n) is 6.03. The van der Waals surface area contributed by atoms with Gasteiger partial charge in [-0.1, -0.05) is 48.6 Å². The van der Waals surface area contributed by atoms with Crippen molar-refractivity contribution in [1.29, 1.82) is 0 Å². The van der Waals surface area contributed by atoms with Gasteiger partial charge in [-0.25, -0.2) is 0 Å². The van der Waals surface area contributed by atoms with Crippen LogP contribution in [0.5, 0.6) is 5.75 Å². The minimum Gasteiger partial charge on any atom is -0.502 e. The highest BCUT2D eigenvalue weighted by Gasteiger charge is 2.47. The molecular formula is C28H33N3O3S. The highest BCUT2D eigenvalue weighted by atomic mass is 32.2. The first-order valence-corrected chi connectivity index (χ1v) is 13.8. The van der Waals surface area contributed by atoms with Gasteiger partial charge < -0.3 is 10.0 Å². The Morgan fingerprint density at radius 3 is 2.66 bits per heavy atom. The molecule has 1 N–H and O–H groups in total. The van der Waals surface area contributed by atoms with Crippen molar-refractivity contribution < 1.29 is 9.90 Å². The molecule has 2 aliphatic carbocycles. The van der Waals surface area contributed by atoms with Crippen LogP contribution in [0, 0.1) is 11.8 Å². The van der Waals surface area contributed by atoms with Gasteiger partial charge in [0.25, 0.3) is 5.91 Å². The first-order valence-electron chi connectivity index (χ1n) is 12.4. The zero-order chi connectivity index (χ0) is 24.7. The van der Waals surface area contributed by atoms with Crippen LogP contribution in [0.2, 0.25) is 0 Å². The Hall–Kier alpha value is -2.93. The second-order valence-corrected chi connectivity index (χ2v) is 10.8. The quantitative estimate of drug-likeness (QED) is 0.668. The number of nitrogens with zero attached hydrogens (tertiary/aromatic N) is 3. The summed E-state index contributed by atoms with van der Waals surface area (Å²) in [5.74, 6) is 0.665. The number of benzene rings is 1. The Morgan fingerprint density at radius 2 is 1.89 bits per heavy atom. The third-order valence-electron chi connectivity index (χ3n) is 7.57. The van der Waals surface area contributed by atoms with Crippen molar-refractivity contribution in [2.24, 2.45) is 11.8 Å². The van der Waals surface area contributed by atoms with Gasteiger partial charge in [0.05, 0.1) is 6.04 Å². The van der Waals surface area contributed by atoms with Crippen LogP contribution < -0.4 is 10.4 Å². The second-order valence-electron chi connectivity index (χ2n) is 9.86. The molecule has 1 aliphatic heterocycles. The molecule has 2 heterocycles. The SMILES string of the molecule is CSCCC1N(C(C)C)C(=O)c2c(O)c(=O)ccn2N1C1c2ccccc2CCC2C=CC=CC21.